The summed E-state index contributed by atoms with van der Waals surface area (Å²) in [6.45, 7) is 0. The Morgan fingerprint density at radius 2 is 1.80 bits per heavy atom. The van der Waals surface area contributed by atoms with E-state index in [-0.39, 0.29) is 4.90 Å². The van der Waals surface area contributed by atoms with Gasteiger partial charge in [0.1, 0.15) is 10.6 Å². The maximum Gasteiger partial charge on any atom is 0.263 e. The second-order valence-electron chi connectivity index (χ2n) is 3.88. The van der Waals surface area contributed by atoms with Crippen LogP contribution >= 0.6 is 31.9 Å². The minimum Gasteiger partial charge on any atom is -0.495 e. The second-order valence-corrected chi connectivity index (χ2v) is 7.30. The summed E-state index contributed by atoms with van der Waals surface area (Å²) in [5, 5.41) is 0. The molecule has 0 atom stereocenters. The number of nitrogens with one attached hydrogen (secondary N) is 1. The fourth-order valence-electron chi connectivity index (χ4n) is 1.61. The van der Waals surface area contributed by atoms with Crippen LogP contribution in [-0.2, 0) is 10.0 Å². The number of hydrogen-bond donors (Lipinski definition) is 1. The fraction of sp³-hybridized carbons (Fsp3) is 0.0769. The molecule has 1 N–H and O–H groups in total. The second kappa shape index (κ2) is 6.15. The average molecular weight is 421 g/mol. The van der Waals surface area contributed by atoms with E-state index in [9.17, 15) is 8.42 Å². The Morgan fingerprint density at radius 3 is 2.50 bits per heavy atom. The van der Waals surface area contributed by atoms with Crippen LogP contribution in [0, 0.1) is 0 Å². The zero-order valence-electron chi connectivity index (χ0n) is 10.4. The van der Waals surface area contributed by atoms with E-state index in [1.807, 2.05) is 0 Å². The highest BCUT2D eigenvalue weighted by Crippen LogP contribution is 2.30. The fourth-order valence-corrected chi connectivity index (χ4v) is 4.19. The normalized spacial score (nSPS) is 11.2. The summed E-state index contributed by atoms with van der Waals surface area (Å²) in [6, 6.07) is 11.8. The highest BCUT2D eigenvalue weighted by atomic mass is 79.9. The molecule has 0 saturated heterocycles. The van der Waals surface area contributed by atoms with E-state index in [1.165, 1.54) is 13.2 Å². The molecular weight excluding hydrogens is 410 g/mol. The Morgan fingerprint density at radius 1 is 1.10 bits per heavy atom. The van der Waals surface area contributed by atoms with E-state index in [1.54, 1.807) is 36.4 Å². The van der Waals surface area contributed by atoms with Crippen molar-refractivity contribution in [2.45, 2.75) is 4.90 Å². The summed E-state index contributed by atoms with van der Waals surface area (Å²) in [7, 11) is -2.22. The molecule has 106 valence electrons. The van der Waals surface area contributed by atoms with Gasteiger partial charge in [-0.15, -0.1) is 0 Å². The van der Waals surface area contributed by atoms with Crippen molar-refractivity contribution in [3.63, 3.8) is 0 Å². The van der Waals surface area contributed by atoms with E-state index in [0.717, 1.165) is 0 Å². The van der Waals surface area contributed by atoms with Gasteiger partial charge in [-0.2, -0.15) is 0 Å². The molecule has 20 heavy (non-hydrogen) atoms. The van der Waals surface area contributed by atoms with Crippen LogP contribution in [0.5, 0.6) is 5.75 Å². The van der Waals surface area contributed by atoms with Crippen molar-refractivity contribution < 1.29 is 13.2 Å². The highest BCUT2D eigenvalue weighted by molar-refractivity contribution is 9.11. The number of halogens is 2. The molecule has 0 aliphatic rings. The third-order valence-electron chi connectivity index (χ3n) is 2.53. The summed E-state index contributed by atoms with van der Waals surface area (Å²) < 4.78 is 33.7. The Labute approximate surface area is 134 Å². The van der Waals surface area contributed by atoms with Gasteiger partial charge in [0.05, 0.1) is 12.8 Å². The number of ether oxygens (including phenoxy) is 1. The van der Waals surface area contributed by atoms with Crippen LogP contribution in [0.4, 0.5) is 5.69 Å². The van der Waals surface area contributed by atoms with E-state index >= 15 is 0 Å². The van der Waals surface area contributed by atoms with Crippen LogP contribution in [-0.4, -0.2) is 15.5 Å². The number of anilines is 1. The molecule has 0 amide bonds. The van der Waals surface area contributed by atoms with Crippen molar-refractivity contribution >= 4 is 47.6 Å². The van der Waals surface area contributed by atoms with Gasteiger partial charge in [-0.25, -0.2) is 8.42 Å². The predicted molar refractivity (Wildman–Crippen MR) is 85.6 cm³/mol. The summed E-state index contributed by atoms with van der Waals surface area (Å²) >= 11 is 6.51. The van der Waals surface area contributed by atoms with Crippen LogP contribution in [0.2, 0.25) is 0 Å². The maximum absolute atomic E-state index is 12.4. The van der Waals surface area contributed by atoms with Crippen LogP contribution in [0.15, 0.2) is 56.3 Å². The van der Waals surface area contributed by atoms with Gasteiger partial charge in [0.25, 0.3) is 10.0 Å². The van der Waals surface area contributed by atoms with E-state index < -0.39 is 10.0 Å². The summed E-state index contributed by atoms with van der Waals surface area (Å²) in [4.78, 5) is 0.151. The lowest BCUT2D eigenvalue weighted by molar-refractivity contribution is 0.417. The molecule has 0 radical (unpaired) electrons. The molecule has 0 fully saturated rings. The number of hydrogen-bond acceptors (Lipinski definition) is 3. The lowest BCUT2D eigenvalue weighted by atomic mass is 10.3. The van der Waals surface area contributed by atoms with E-state index in [0.29, 0.717) is 20.4 Å². The van der Waals surface area contributed by atoms with Crippen molar-refractivity contribution in [1.82, 2.24) is 0 Å². The zero-order chi connectivity index (χ0) is 14.8. The first kappa shape index (κ1) is 15.3. The van der Waals surface area contributed by atoms with Gasteiger partial charge in [0.15, 0.2) is 0 Å². The Bertz CT molecular complexity index is 732. The minimum atomic E-state index is -3.71. The van der Waals surface area contributed by atoms with Gasteiger partial charge in [-0.1, -0.05) is 28.1 Å². The number of methoxy groups -OCH3 is 1. The molecule has 0 spiro atoms. The van der Waals surface area contributed by atoms with Gasteiger partial charge >= 0.3 is 0 Å². The number of benzene rings is 2. The van der Waals surface area contributed by atoms with E-state index in [2.05, 4.69) is 36.6 Å². The Kier molecular flexibility index (Phi) is 4.72. The molecule has 2 rings (SSSR count). The van der Waals surface area contributed by atoms with Crippen molar-refractivity contribution in [2.75, 3.05) is 11.8 Å². The van der Waals surface area contributed by atoms with Crippen LogP contribution < -0.4 is 9.46 Å². The zero-order valence-corrected chi connectivity index (χ0v) is 14.4. The first-order chi connectivity index (χ1) is 9.44. The smallest absolute Gasteiger partial charge is 0.263 e. The summed E-state index contributed by atoms with van der Waals surface area (Å²) in [6.07, 6.45) is 0. The van der Waals surface area contributed by atoms with Gasteiger partial charge in [0.2, 0.25) is 0 Å². The minimum absolute atomic E-state index is 0.151. The lowest BCUT2D eigenvalue weighted by Crippen LogP contribution is -2.14. The standard InChI is InChI=1S/C13H11Br2NO3S/c1-19-12-5-3-2-4-11(12)16-20(17,18)13-8-9(14)6-7-10(13)15/h2-8,16H,1H3. The SMILES string of the molecule is COc1ccccc1NS(=O)(=O)c1cc(Br)ccc1Br. The van der Waals surface area contributed by atoms with Gasteiger partial charge < -0.3 is 4.74 Å². The molecule has 0 aromatic heterocycles. The maximum atomic E-state index is 12.4. The summed E-state index contributed by atoms with van der Waals surface area (Å²) in [5.41, 5.74) is 0.391. The van der Waals surface area contributed by atoms with E-state index in [4.69, 9.17) is 4.74 Å². The first-order valence-corrected chi connectivity index (χ1v) is 8.62. The third kappa shape index (κ3) is 3.34. The number of para-hydroxylation sites is 2. The Balaban J connectivity index is 2.43. The Hall–Kier alpha value is -1.05. The van der Waals surface area contributed by atoms with Gasteiger partial charge in [-0.3, -0.25) is 4.72 Å². The monoisotopic (exact) mass is 419 g/mol. The molecule has 0 saturated carbocycles. The molecule has 4 nitrogen and oxygen atoms in total. The topological polar surface area (TPSA) is 55.4 Å². The molecule has 0 aliphatic carbocycles. The molecule has 2 aromatic rings. The van der Waals surface area contributed by atoms with Crippen molar-refractivity contribution in [3.05, 3.63) is 51.4 Å². The van der Waals surface area contributed by atoms with Gasteiger partial charge in [-0.05, 0) is 46.3 Å². The molecule has 2 aromatic carbocycles. The number of rotatable bonds is 4. The van der Waals surface area contributed by atoms with Crippen LogP contribution in [0.3, 0.4) is 0 Å². The van der Waals surface area contributed by atoms with Crippen molar-refractivity contribution in [3.8, 4) is 5.75 Å². The molecule has 7 heteroatoms. The molecule has 0 bridgehead atoms. The molecule has 0 heterocycles. The van der Waals surface area contributed by atoms with Crippen molar-refractivity contribution in [2.24, 2.45) is 0 Å². The van der Waals surface area contributed by atoms with Crippen LogP contribution in [0.25, 0.3) is 0 Å². The lowest BCUT2D eigenvalue weighted by Gasteiger charge is -2.12. The first-order valence-electron chi connectivity index (χ1n) is 5.55. The third-order valence-corrected chi connectivity index (χ3v) is 5.39. The average Bonchev–Trinajstić information content (AvgIpc) is 2.41. The molecular formula is C13H11Br2NO3S. The summed E-state index contributed by atoms with van der Waals surface area (Å²) in [5.74, 6) is 0.460. The quantitative estimate of drug-likeness (QED) is 0.812. The number of sulfonamides is 1. The molecule has 0 aliphatic heterocycles. The highest BCUT2D eigenvalue weighted by Gasteiger charge is 2.19. The molecule has 0 unspecified atom stereocenters. The largest absolute Gasteiger partial charge is 0.495 e. The van der Waals surface area contributed by atoms with Gasteiger partial charge in [0, 0.05) is 8.95 Å². The van der Waals surface area contributed by atoms with Crippen LogP contribution in [0.1, 0.15) is 0 Å². The van der Waals surface area contributed by atoms with Crippen molar-refractivity contribution in [1.29, 1.82) is 0 Å². The predicted octanol–water partition coefficient (Wildman–Crippen LogP) is 4.02.